The molecule has 2 heteroatoms. The summed E-state index contributed by atoms with van der Waals surface area (Å²) >= 11 is 0. The molecule has 2 aliphatic rings. The van der Waals surface area contributed by atoms with E-state index in [1.54, 1.807) is 0 Å². The largest absolute Gasteiger partial charge is 0.382 e. The minimum Gasteiger partial charge on any atom is -0.382 e. The summed E-state index contributed by atoms with van der Waals surface area (Å²) in [6.07, 6.45) is 8.44. The quantitative estimate of drug-likeness (QED) is 0.656. The summed E-state index contributed by atoms with van der Waals surface area (Å²) in [7, 11) is 0. The summed E-state index contributed by atoms with van der Waals surface area (Å²) in [6, 6.07) is 18.5. The molecule has 1 aliphatic carbocycles. The Hall–Kier alpha value is -2.32. The van der Waals surface area contributed by atoms with Gasteiger partial charge in [0.1, 0.15) is 0 Å². The Labute approximate surface area is 176 Å². The summed E-state index contributed by atoms with van der Waals surface area (Å²) in [5.74, 6) is 0. The van der Waals surface area contributed by atoms with Crippen molar-refractivity contribution in [2.45, 2.75) is 52.0 Å². The molecular weight excluding hydrogens is 352 g/mol. The van der Waals surface area contributed by atoms with Crippen LogP contribution in [0.25, 0.3) is 11.3 Å². The average molecular weight is 387 g/mol. The molecule has 1 fully saturated rings. The molecule has 0 atom stereocenters. The van der Waals surface area contributed by atoms with Crippen LogP contribution in [0.5, 0.6) is 0 Å². The van der Waals surface area contributed by atoms with Gasteiger partial charge in [-0.25, -0.2) is 0 Å². The van der Waals surface area contributed by atoms with E-state index in [9.17, 15) is 0 Å². The lowest BCUT2D eigenvalue weighted by Crippen LogP contribution is -2.38. The summed E-state index contributed by atoms with van der Waals surface area (Å²) in [5.41, 5.74) is 8.12. The van der Waals surface area contributed by atoms with Crippen molar-refractivity contribution in [1.29, 1.82) is 0 Å². The van der Waals surface area contributed by atoms with Crippen molar-refractivity contribution in [3.8, 4) is 0 Å². The first-order valence-electron chi connectivity index (χ1n) is 11.2. The van der Waals surface area contributed by atoms with Crippen LogP contribution in [-0.2, 0) is 6.42 Å². The van der Waals surface area contributed by atoms with Gasteiger partial charge < -0.3 is 10.6 Å². The Bertz CT molecular complexity index is 881. The highest BCUT2D eigenvalue weighted by atomic mass is 14.9. The van der Waals surface area contributed by atoms with Crippen molar-refractivity contribution in [2.24, 2.45) is 5.41 Å². The van der Waals surface area contributed by atoms with Gasteiger partial charge in [-0.2, -0.15) is 0 Å². The molecular formula is C27H34N2. The molecule has 0 bridgehead atoms. The fourth-order valence-corrected chi connectivity index (χ4v) is 4.91. The first-order valence-corrected chi connectivity index (χ1v) is 11.2. The first kappa shape index (κ1) is 20.0. The Kier molecular flexibility index (Phi) is 5.91. The summed E-state index contributed by atoms with van der Waals surface area (Å²) < 4.78 is 0. The lowest BCUT2D eigenvalue weighted by atomic mass is 9.67. The lowest BCUT2D eigenvalue weighted by molar-refractivity contribution is 0.268. The zero-order chi connectivity index (χ0) is 20.3. The van der Waals surface area contributed by atoms with E-state index in [4.69, 9.17) is 0 Å². The third-order valence-corrected chi connectivity index (χ3v) is 6.81. The van der Waals surface area contributed by atoms with Crippen molar-refractivity contribution in [3.63, 3.8) is 0 Å². The number of rotatable bonds is 6. The maximum atomic E-state index is 4.27. The van der Waals surface area contributed by atoms with Gasteiger partial charge in [0.05, 0.1) is 0 Å². The summed E-state index contributed by atoms with van der Waals surface area (Å²) in [5, 5.41) is 7.11. The molecule has 152 valence electrons. The molecule has 1 spiro atoms. The molecule has 0 amide bonds. The number of fused-ring (bicyclic) bond motifs is 1. The van der Waals surface area contributed by atoms with E-state index in [0.29, 0.717) is 11.5 Å². The molecule has 1 aliphatic heterocycles. The molecule has 2 aromatic rings. The maximum Gasteiger partial charge on any atom is 0.0342 e. The van der Waals surface area contributed by atoms with Gasteiger partial charge in [-0.05, 0) is 78.4 Å². The van der Waals surface area contributed by atoms with E-state index in [-0.39, 0.29) is 0 Å². The highest BCUT2D eigenvalue weighted by Gasteiger charge is 2.34. The predicted molar refractivity (Wildman–Crippen MR) is 125 cm³/mol. The highest BCUT2D eigenvalue weighted by molar-refractivity contribution is 5.84. The summed E-state index contributed by atoms with van der Waals surface area (Å²) in [4.78, 5) is 0. The molecule has 29 heavy (non-hydrogen) atoms. The van der Waals surface area contributed by atoms with E-state index < -0.39 is 0 Å². The molecule has 0 unspecified atom stereocenters. The monoisotopic (exact) mass is 386 g/mol. The van der Waals surface area contributed by atoms with Crippen molar-refractivity contribution < 1.29 is 0 Å². The van der Waals surface area contributed by atoms with E-state index in [0.717, 1.165) is 31.6 Å². The van der Waals surface area contributed by atoms with Crippen molar-refractivity contribution in [2.75, 3.05) is 13.1 Å². The second kappa shape index (κ2) is 8.59. The molecule has 1 heterocycles. The molecule has 0 saturated carbocycles. The fourth-order valence-electron chi connectivity index (χ4n) is 4.91. The van der Waals surface area contributed by atoms with E-state index >= 15 is 0 Å². The van der Waals surface area contributed by atoms with Crippen LogP contribution in [0, 0.1) is 5.41 Å². The standard InChI is InChI=1S/C27H34N2/c1-4-24(5-2)29-20(3)21-10-12-22(13-11-21)26-19-27(14-16-28-17-15-27)18-23-8-6-7-9-25(23)26/h6-13,19,24,28-29H,3-5,14-18H2,1-2H3. The van der Waals surface area contributed by atoms with Crippen LogP contribution >= 0.6 is 0 Å². The third kappa shape index (κ3) is 4.18. The summed E-state index contributed by atoms with van der Waals surface area (Å²) in [6.45, 7) is 11.0. The van der Waals surface area contributed by atoms with Crippen molar-refractivity contribution in [1.82, 2.24) is 10.6 Å². The normalized spacial score (nSPS) is 17.7. The Morgan fingerprint density at radius 2 is 1.72 bits per heavy atom. The number of hydrogen-bond acceptors (Lipinski definition) is 2. The van der Waals surface area contributed by atoms with Crippen molar-refractivity contribution in [3.05, 3.63) is 83.4 Å². The molecule has 0 aromatic heterocycles. The van der Waals surface area contributed by atoms with Crippen LogP contribution in [-0.4, -0.2) is 19.1 Å². The van der Waals surface area contributed by atoms with Crippen LogP contribution in [0.2, 0.25) is 0 Å². The minimum atomic E-state index is 0.300. The smallest absolute Gasteiger partial charge is 0.0342 e. The number of benzene rings is 2. The maximum absolute atomic E-state index is 4.27. The van der Waals surface area contributed by atoms with Gasteiger partial charge in [0.2, 0.25) is 0 Å². The Balaban J connectivity index is 1.64. The van der Waals surface area contributed by atoms with Crippen LogP contribution in [0.15, 0.2) is 61.2 Å². The van der Waals surface area contributed by atoms with Crippen LogP contribution in [0.3, 0.4) is 0 Å². The number of nitrogens with one attached hydrogen (secondary N) is 2. The predicted octanol–water partition coefficient (Wildman–Crippen LogP) is 5.79. The number of piperidine rings is 1. The van der Waals surface area contributed by atoms with Gasteiger partial charge in [-0.15, -0.1) is 0 Å². The Morgan fingerprint density at radius 3 is 2.41 bits per heavy atom. The van der Waals surface area contributed by atoms with Crippen LogP contribution in [0.4, 0.5) is 0 Å². The zero-order valence-electron chi connectivity index (χ0n) is 17.9. The van der Waals surface area contributed by atoms with Crippen molar-refractivity contribution >= 4 is 11.3 Å². The van der Waals surface area contributed by atoms with E-state index in [1.165, 1.54) is 47.1 Å². The average Bonchev–Trinajstić information content (AvgIpc) is 2.77. The second-order valence-electron chi connectivity index (χ2n) is 8.72. The first-order chi connectivity index (χ1) is 14.1. The molecule has 0 radical (unpaired) electrons. The van der Waals surface area contributed by atoms with Gasteiger partial charge >= 0.3 is 0 Å². The zero-order valence-corrected chi connectivity index (χ0v) is 17.9. The molecule has 2 N–H and O–H groups in total. The lowest BCUT2D eigenvalue weighted by Gasteiger charge is -2.40. The molecule has 2 nitrogen and oxygen atoms in total. The SMILES string of the molecule is C=C(NC(CC)CC)c1ccc(C2=CC3(CCNCC3)Cc3ccccc32)cc1. The van der Waals surface area contributed by atoms with Gasteiger partial charge in [0.15, 0.2) is 0 Å². The van der Waals surface area contributed by atoms with Gasteiger partial charge in [-0.3, -0.25) is 0 Å². The van der Waals surface area contributed by atoms with Gasteiger partial charge in [0, 0.05) is 11.7 Å². The minimum absolute atomic E-state index is 0.300. The molecule has 4 rings (SSSR count). The molecule has 1 saturated heterocycles. The fraction of sp³-hybridized carbons (Fsp3) is 0.407. The number of allylic oxidation sites excluding steroid dienone is 1. The highest BCUT2D eigenvalue weighted by Crippen LogP contribution is 2.44. The van der Waals surface area contributed by atoms with E-state index in [2.05, 4.69) is 85.7 Å². The van der Waals surface area contributed by atoms with E-state index in [1.807, 2.05) is 0 Å². The second-order valence-corrected chi connectivity index (χ2v) is 8.72. The molecule has 2 aromatic carbocycles. The third-order valence-electron chi connectivity index (χ3n) is 6.81. The van der Waals surface area contributed by atoms with Crippen LogP contribution in [0.1, 0.15) is 61.8 Å². The van der Waals surface area contributed by atoms with Gasteiger partial charge in [-0.1, -0.05) is 75.0 Å². The van der Waals surface area contributed by atoms with Gasteiger partial charge in [0.25, 0.3) is 0 Å². The topological polar surface area (TPSA) is 24.1 Å². The van der Waals surface area contributed by atoms with Crippen LogP contribution < -0.4 is 10.6 Å². The Morgan fingerprint density at radius 1 is 1.03 bits per heavy atom. The number of hydrogen-bond donors (Lipinski definition) is 2.